The van der Waals surface area contributed by atoms with E-state index in [1.54, 1.807) is 19.1 Å². The van der Waals surface area contributed by atoms with E-state index in [4.69, 9.17) is 0 Å². The molecule has 0 saturated carbocycles. The van der Waals surface area contributed by atoms with Crippen LogP contribution in [0.15, 0.2) is 36.1 Å². The lowest BCUT2D eigenvalue weighted by Gasteiger charge is -1.96. The fourth-order valence-corrected chi connectivity index (χ4v) is 1.36. The molecule has 1 aromatic rings. The van der Waals surface area contributed by atoms with Crippen LogP contribution in [0.4, 0.5) is 0 Å². The first-order valence-electron chi connectivity index (χ1n) is 3.87. The van der Waals surface area contributed by atoms with Crippen molar-refractivity contribution < 1.29 is 4.57 Å². The van der Waals surface area contributed by atoms with E-state index in [-0.39, 0.29) is 0 Å². The van der Waals surface area contributed by atoms with E-state index in [2.05, 4.69) is 0 Å². The van der Waals surface area contributed by atoms with Crippen LogP contribution < -0.4 is 0 Å². The average molecular weight is 180 g/mol. The van der Waals surface area contributed by atoms with E-state index in [0.29, 0.717) is 0 Å². The summed E-state index contributed by atoms with van der Waals surface area (Å²) < 4.78 is 11.3. The summed E-state index contributed by atoms with van der Waals surface area (Å²) in [4.78, 5) is 0. The summed E-state index contributed by atoms with van der Waals surface area (Å²) in [5, 5.41) is 0. The lowest BCUT2D eigenvalue weighted by Crippen LogP contribution is -1.69. The molecule has 0 amide bonds. The summed E-state index contributed by atoms with van der Waals surface area (Å²) in [6, 6.07) is 9.89. The molecule has 0 heterocycles. The smallest absolute Gasteiger partial charge is 0.102 e. The van der Waals surface area contributed by atoms with E-state index in [0.717, 1.165) is 5.56 Å². The number of hydrogen-bond donors (Lipinski definition) is 0. The van der Waals surface area contributed by atoms with Crippen molar-refractivity contribution in [2.75, 3.05) is 13.3 Å². The second-order valence-corrected chi connectivity index (χ2v) is 6.33. The van der Waals surface area contributed by atoms with Gasteiger partial charge in [0.05, 0.1) is 0 Å². The van der Waals surface area contributed by atoms with Gasteiger partial charge in [-0.25, -0.2) is 0 Å². The summed E-state index contributed by atoms with van der Waals surface area (Å²) in [5.41, 5.74) is 1.10. The molecule has 1 nitrogen and oxygen atoms in total. The lowest BCUT2D eigenvalue weighted by atomic mass is 10.2. The van der Waals surface area contributed by atoms with Gasteiger partial charge in [-0.2, -0.15) is 0 Å². The first-order chi connectivity index (χ1) is 5.58. The van der Waals surface area contributed by atoms with Gasteiger partial charge in [-0.15, -0.1) is 0 Å². The highest BCUT2D eigenvalue weighted by atomic mass is 31.2. The van der Waals surface area contributed by atoms with E-state index in [1.165, 1.54) is 0 Å². The van der Waals surface area contributed by atoms with E-state index < -0.39 is 7.14 Å². The van der Waals surface area contributed by atoms with Gasteiger partial charge in [-0.3, -0.25) is 0 Å². The van der Waals surface area contributed by atoms with E-state index in [9.17, 15) is 4.57 Å². The minimum Gasteiger partial charge on any atom is -0.320 e. The Morgan fingerprint density at radius 1 is 1.17 bits per heavy atom. The molecule has 64 valence electrons. The second-order valence-electron chi connectivity index (χ2n) is 3.16. The molecule has 0 aliphatic heterocycles. The Kier molecular flexibility index (Phi) is 2.88. The molecule has 1 aromatic carbocycles. The topological polar surface area (TPSA) is 17.1 Å². The van der Waals surface area contributed by atoms with Crippen molar-refractivity contribution in [1.29, 1.82) is 0 Å². The van der Waals surface area contributed by atoms with Crippen molar-refractivity contribution in [1.82, 2.24) is 0 Å². The fourth-order valence-electron chi connectivity index (χ4n) is 0.830. The van der Waals surface area contributed by atoms with E-state index in [1.807, 2.05) is 36.4 Å². The summed E-state index contributed by atoms with van der Waals surface area (Å²) in [7, 11) is -2.01. The van der Waals surface area contributed by atoms with Gasteiger partial charge in [0.2, 0.25) is 0 Å². The van der Waals surface area contributed by atoms with Crippen molar-refractivity contribution in [3.8, 4) is 0 Å². The maximum Gasteiger partial charge on any atom is 0.102 e. The molecule has 0 atom stereocenters. The largest absolute Gasteiger partial charge is 0.320 e. The minimum absolute atomic E-state index is 1.10. The highest BCUT2D eigenvalue weighted by molar-refractivity contribution is 7.65. The molecule has 0 spiro atoms. The SMILES string of the molecule is CP(C)(=O)/C=C/c1ccccc1. The third kappa shape index (κ3) is 3.54. The molecule has 0 saturated heterocycles. The van der Waals surface area contributed by atoms with Crippen molar-refractivity contribution in [2.45, 2.75) is 0 Å². The predicted molar refractivity (Wildman–Crippen MR) is 54.9 cm³/mol. The zero-order chi connectivity index (χ0) is 9.03. The Bertz CT molecular complexity index is 308. The van der Waals surface area contributed by atoms with Crippen LogP contribution in [0, 0.1) is 0 Å². The highest BCUT2D eigenvalue weighted by Crippen LogP contribution is 2.38. The molecule has 0 fully saturated rings. The molecule has 2 heteroatoms. The van der Waals surface area contributed by atoms with Crippen LogP contribution >= 0.6 is 7.14 Å². The Hall–Kier alpha value is -0.810. The quantitative estimate of drug-likeness (QED) is 0.638. The van der Waals surface area contributed by atoms with Gasteiger partial charge in [0.25, 0.3) is 0 Å². The van der Waals surface area contributed by atoms with E-state index >= 15 is 0 Å². The normalized spacial score (nSPS) is 12.2. The molecular weight excluding hydrogens is 167 g/mol. The maximum atomic E-state index is 11.3. The standard InChI is InChI=1S/C10H13OP/c1-12(2,11)9-8-10-6-4-3-5-7-10/h3-9H,1-2H3/b9-8+. The molecule has 0 aromatic heterocycles. The monoisotopic (exact) mass is 180 g/mol. The van der Waals surface area contributed by atoms with Crippen molar-refractivity contribution in [3.05, 3.63) is 41.7 Å². The van der Waals surface area contributed by atoms with Crippen LogP contribution in [-0.4, -0.2) is 13.3 Å². The van der Waals surface area contributed by atoms with Gasteiger partial charge in [-0.05, 0) is 24.7 Å². The van der Waals surface area contributed by atoms with Crippen LogP contribution in [0.1, 0.15) is 5.56 Å². The van der Waals surface area contributed by atoms with Crippen LogP contribution in [-0.2, 0) is 4.57 Å². The number of benzene rings is 1. The summed E-state index contributed by atoms with van der Waals surface area (Å²) >= 11 is 0. The van der Waals surface area contributed by atoms with Crippen LogP contribution in [0.5, 0.6) is 0 Å². The second kappa shape index (κ2) is 3.73. The Morgan fingerprint density at radius 2 is 1.75 bits per heavy atom. The van der Waals surface area contributed by atoms with Gasteiger partial charge in [-0.1, -0.05) is 36.4 Å². The average Bonchev–Trinajstić information content (AvgIpc) is 2.02. The molecule has 0 aliphatic carbocycles. The molecule has 0 unspecified atom stereocenters. The van der Waals surface area contributed by atoms with Gasteiger partial charge in [0.1, 0.15) is 7.14 Å². The Morgan fingerprint density at radius 3 is 2.25 bits per heavy atom. The van der Waals surface area contributed by atoms with Gasteiger partial charge in [0, 0.05) is 0 Å². The molecule has 12 heavy (non-hydrogen) atoms. The molecule has 0 bridgehead atoms. The first-order valence-corrected chi connectivity index (χ1v) is 6.54. The molecule has 1 rings (SSSR count). The van der Waals surface area contributed by atoms with Gasteiger partial charge >= 0.3 is 0 Å². The third-order valence-corrected chi connectivity index (χ3v) is 2.29. The first kappa shape index (κ1) is 9.28. The zero-order valence-corrected chi connectivity index (χ0v) is 8.29. The number of hydrogen-bond acceptors (Lipinski definition) is 1. The Labute approximate surface area is 73.5 Å². The Balaban J connectivity index is 2.78. The van der Waals surface area contributed by atoms with Crippen LogP contribution in [0.3, 0.4) is 0 Å². The van der Waals surface area contributed by atoms with Crippen molar-refractivity contribution in [2.24, 2.45) is 0 Å². The van der Waals surface area contributed by atoms with Gasteiger partial charge < -0.3 is 4.57 Å². The summed E-state index contributed by atoms with van der Waals surface area (Å²) in [6.45, 7) is 3.51. The maximum absolute atomic E-state index is 11.3. The highest BCUT2D eigenvalue weighted by Gasteiger charge is 1.98. The van der Waals surface area contributed by atoms with Crippen LogP contribution in [0.25, 0.3) is 6.08 Å². The van der Waals surface area contributed by atoms with Crippen LogP contribution in [0.2, 0.25) is 0 Å². The molecule has 0 aliphatic rings. The molecule has 0 radical (unpaired) electrons. The summed E-state index contributed by atoms with van der Waals surface area (Å²) in [6.07, 6.45) is 1.90. The summed E-state index contributed by atoms with van der Waals surface area (Å²) in [5.74, 6) is 1.78. The van der Waals surface area contributed by atoms with Crippen molar-refractivity contribution in [3.63, 3.8) is 0 Å². The molecule has 0 N–H and O–H groups in total. The number of rotatable bonds is 2. The fraction of sp³-hybridized carbons (Fsp3) is 0.200. The predicted octanol–water partition coefficient (Wildman–Crippen LogP) is 3.28. The molecular formula is C10H13OP. The van der Waals surface area contributed by atoms with Gasteiger partial charge in [0.15, 0.2) is 0 Å². The zero-order valence-electron chi connectivity index (χ0n) is 7.40. The lowest BCUT2D eigenvalue weighted by molar-refractivity contribution is 0.588. The third-order valence-electron chi connectivity index (χ3n) is 1.43. The van der Waals surface area contributed by atoms with Crippen molar-refractivity contribution >= 4 is 13.2 Å². The minimum atomic E-state index is -2.01.